The van der Waals surface area contributed by atoms with E-state index in [1.54, 1.807) is 30.3 Å². The van der Waals surface area contributed by atoms with E-state index in [-0.39, 0.29) is 5.75 Å². The Balaban J connectivity index is 2.67. The minimum Gasteiger partial charge on any atom is -0.271 e. The highest BCUT2D eigenvalue weighted by Crippen LogP contribution is 2.10. The Bertz CT molecular complexity index is 362. The normalized spacial score (nSPS) is 11.5. The van der Waals surface area contributed by atoms with Gasteiger partial charge in [-0.3, -0.25) is 11.3 Å². The monoisotopic (exact) mass is 214 g/mol. The molecule has 0 saturated heterocycles. The predicted molar refractivity (Wildman–Crippen MR) is 55.3 cm³/mol. The Labute approximate surface area is 84.0 Å². The molecule has 0 heterocycles. The molecule has 0 unspecified atom stereocenters. The van der Waals surface area contributed by atoms with E-state index in [1.165, 1.54) is 0 Å². The first kappa shape index (κ1) is 11.2. The van der Waals surface area contributed by atoms with Crippen LogP contribution in [0.25, 0.3) is 0 Å². The summed E-state index contributed by atoms with van der Waals surface area (Å²) in [6, 6.07) is 8.43. The van der Waals surface area contributed by atoms with Crippen LogP contribution in [-0.4, -0.2) is 20.7 Å². The van der Waals surface area contributed by atoms with Gasteiger partial charge in [-0.1, -0.05) is 18.2 Å². The summed E-state index contributed by atoms with van der Waals surface area (Å²) in [5.74, 6) is 5.18. The van der Waals surface area contributed by atoms with Crippen LogP contribution in [0.5, 0.6) is 0 Å². The van der Waals surface area contributed by atoms with Crippen LogP contribution in [0.2, 0.25) is 0 Å². The number of nitrogens with one attached hydrogen (secondary N) is 1. The van der Waals surface area contributed by atoms with Crippen molar-refractivity contribution in [1.29, 1.82) is 0 Å². The average molecular weight is 214 g/mol. The number of hydrogen-bond acceptors (Lipinski definition) is 4. The van der Waals surface area contributed by atoms with Crippen LogP contribution in [0.3, 0.4) is 0 Å². The fraction of sp³-hybridized carbons (Fsp3) is 0.333. The fourth-order valence-electron chi connectivity index (χ4n) is 1.11. The van der Waals surface area contributed by atoms with Crippen molar-refractivity contribution in [3.8, 4) is 0 Å². The summed E-state index contributed by atoms with van der Waals surface area (Å²) in [4.78, 5) is 0.372. The Hall–Kier alpha value is -0.910. The van der Waals surface area contributed by atoms with E-state index >= 15 is 0 Å². The predicted octanol–water partition coefficient (Wildman–Crippen LogP) is 0.314. The maximum absolute atomic E-state index is 11.6. The first-order chi connectivity index (χ1) is 6.67. The second-order valence-electron chi connectivity index (χ2n) is 2.94. The fourth-order valence-corrected chi connectivity index (χ4v) is 2.44. The van der Waals surface area contributed by atoms with Gasteiger partial charge < -0.3 is 0 Å². The standard InChI is InChI=1S/C9H14N2O2S/c10-11-7-4-8-14(12,13)9-5-2-1-3-6-9/h1-3,5-6,11H,4,7-8,10H2. The van der Waals surface area contributed by atoms with E-state index in [2.05, 4.69) is 5.43 Å². The Morgan fingerprint density at radius 3 is 2.43 bits per heavy atom. The van der Waals surface area contributed by atoms with Gasteiger partial charge in [0, 0.05) is 6.54 Å². The summed E-state index contributed by atoms with van der Waals surface area (Å²) < 4.78 is 23.3. The molecule has 14 heavy (non-hydrogen) atoms. The van der Waals surface area contributed by atoms with Gasteiger partial charge in [0.25, 0.3) is 0 Å². The van der Waals surface area contributed by atoms with E-state index < -0.39 is 9.84 Å². The molecule has 0 spiro atoms. The molecule has 0 amide bonds. The highest BCUT2D eigenvalue weighted by molar-refractivity contribution is 7.91. The van der Waals surface area contributed by atoms with Crippen molar-refractivity contribution >= 4 is 9.84 Å². The molecule has 0 fully saturated rings. The molecule has 78 valence electrons. The van der Waals surface area contributed by atoms with Gasteiger partial charge >= 0.3 is 0 Å². The molecule has 0 atom stereocenters. The zero-order valence-electron chi connectivity index (χ0n) is 7.81. The molecule has 5 heteroatoms. The lowest BCUT2D eigenvalue weighted by Crippen LogP contribution is -2.24. The van der Waals surface area contributed by atoms with Crippen LogP contribution >= 0.6 is 0 Å². The minimum atomic E-state index is -3.13. The Morgan fingerprint density at radius 1 is 1.21 bits per heavy atom. The third kappa shape index (κ3) is 3.10. The van der Waals surface area contributed by atoms with Crippen molar-refractivity contribution in [2.75, 3.05) is 12.3 Å². The molecule has 0 radical (unpaired) electrons. The van der Waals surface area contributed by atoms with Crippen molar-refractivity contribution in [3.05, 3.63) is 30.3 Å². The molecule has 0 aliphatic rings. The lowest BCUT2D eigenvalue weighted by atomic mass is 10.4. The summed E-state index contributed by atoms with van der Waals surface area (Å²) in [6.07, 6.45) is 0.522. The van der Waals surface area contributed by atoms with Gasteiger partial charge in [-0.2, -0.15) is 0 Å². The molecular formula is C9H14N2O2S. The van der Waals surface area contributed by atoms with Crippen LogP contribution in [0.15, 0.2) is 35.2 Å². The van der Waals surface area contributed by atoms with Crippen LogP contribution in [0.1, 0.15) is 6.42 Å². The second-order valence-corrected chi connectivity index (χ2v) is 5.05. The highest BCUT2D eigenvalue weighted by atomic mass is 32.2. The van der Waals surface area contributed by atoms with Crippen LogP contribution in [0.4, 0.5) is 0 Å². The van der Waals surface area contributed by atoms with Gasteiger partial charge in [-0.25, -0.2) is 8.42 Å². The lowest BCUT2D eigenvalue weighted by Gasteiger charge is -2.03. The molecule has 1 aromatic rings. The second kappa shape index (κ2) is 5.09. The maximum atomic E-state index is 11.6. The zero-order valence-corrected chi connectivity index (χ0v) is 8.63. The van der Waals surface area contributed by atoms with Crippen molar-refractivity contribution < 1.29 is 8.42 Å². The Morgan fingerprint density at radius 2 is 1.86 bits per heavy atom. The van der Waals surface area contributed by atoms with E-state index in [0.717, 1.165) is 0 Å². The van der Waals surface area contributed by atoms with Crippen LogP contribution < -0.4 is 11.3 Å². The molecule has 0 saturated carbocycles. The number of rotatable bonds is 5. The van der Waals surface area contributed by atoms with Gasteiger partial charge in [0.15, 0.2) is 9.84 Å². The smallest absolute Gasteiger partial charge is 0.178 e. The van der Waals surface area contributed by atoms with Gasteiger partial charge in [0.05, 0.1) is 10.6 Å². The number of hydrazine groups is 1. The van der Waals surface area contributed by atoms with E-state index in [1.807, 2.05) is 0 Å². The van der Waals surface area contributed by atoms with Crippen LogP contribution in [-0.2, 0) is 9.84 Å². The SMILES string of the molecule is NNCCCS(=O)(=O)c1ccccc1. The topological polar surface area (TPSA) is 72.2 Å². The number of benzene rings is 1. The largest absolute Gasteiger partial charge is 0.271 e. The van der Waals surface area contributed by atoms with Crippen LogP contribution in [0, 0.1) is 0 Å². The lowest BCUT2D eigenvalue weighted by molar-refractivity contribution is 0.590. The molecule has 0 aromatic heterocycles. The molecule has 1 rings (SSSR count). The maximum Gasteiger partial charge on any atom is 0.178 e. The highest BCUT2D eigenvalue weighted by Gasteiger charge is 2.12. The summed E-state index contributed by atoms with van der Waals surface area (Å²) in [5, 5.41) is 0. The quantitative estimate of drug-likeness (QED) is 0.420. The summed E-state index contributed by atoms with van der Waals surface area (Å²) in [7, 11) is -3.13. The molecule has 0 bridgehead atoms. The molecule has 0 aliphatic heterocycles. The van der Waals surface area contributed by atoms with E-state index in [9.17, 15) is 8.42 Å². The van der Waals surface area contributed by atoms with Gasteiger partial charge in [-0.05, 0) is 18.6 Å². The molecular weight excluding hydrogens is 200 g/mol. The van der Waals surface area contributed by atoms with Crippen molar-refractivity contribution in [3.63, 3.8) is 0 Å². The molecule has 0 aliphatic carbocycles. The third-order valence-corrected chi connectivity index (χ3v) is 3.65. The molecule has 4 nitrogen and oxygen atoms in total. The minimum absolute atomic E-state index is 0.126. The Kier molecular flexibility index (Phi) is 4.06. The van der Waals surface area contributed by atoms with Crippen molar-refractivity contribution in [2.45, 2.75) is 11.3 Å². The third-order valence-electron chi connectivity index (χ3n) is 1.84. The van der Waals surface area contributed by atoms with Crippen molar-refractivity contribution in [2.24, 2.45) is 5.84 Å². The summed E-state index contributed by atoms with van der Waals surface area (Å²) >= 11 is 0. The van der Waals surface area contributed by atoms with E-state index in [0.29, 0.717) is 17.9 Å². The summed E-state index contributed by atoms with van der Waals surface area (Å²) in [5.41, 5.74) is 2.43. The van der Waals surface area contributed by atoms with E-state index in [4.69, 9.17) is 5.84 Å². The van der Waals surface area contributed by atoms with Gasteiger partial charge in [-0.15, -0.1) is 0 Å². The first-order valence-corrected chi connectivity index (χ1v) is 6.03. The zero-order chi connectivity index (χ0) is 10.4. The van der Waals surface area contributed by atoms with Crippen molar-refractivity contribution in [1.82, 2.24) is 5.43 Å². The number of sulfone groups is 1. The van der Waals surface area contributed by atoms with Gasteiger partial charge in [0.1, 0.15) is 0 Å². The molecule has 1 aromatic carbocycles. The summed E-state index contributed by atoms with van der Waals surface area (Å²) in [6.45, 7) is 0.506. The number of nitrogens with two attached hydrogens (primary N) is 1. The average Bonchev–Trinajstić information content (AvgIpc) is 2.19. The first-order valence-electron chi connectivity index (χ1n) is 4.38. The van der Waals surface area contributed by atoms with Gasteiger partial charge in [0.2, 0.25) is 0 Å². The molecule has 3 N–H and O–H groups in total. The number of hydrogen-bond donors (Lipinski definition) is 2.